The number of aromatic carboxylic acids is 1. The largest absolute Gasteiger partial charge is 0.478 e. The third-order valence-corrected chi connectivity index (χ3v) is 2.23. The van der Waals surface area contributed by atoms with E-state index in [0.29, 0.717) is 18.8 Å². The van der Waals surface area contributed by atoms with Crippen LogP contribution in [0.2, 0.25) is 0 Å². The first-order valence-corrected chi connectivity index (χ1v) is 6.32. The molecule has 0 unspecified atom stereocenters. The van der Waals surface area contributed by atoms with Gasteiger partial charge in [0.1, 0.15) is 5.60 Å². The molecule has 20 heavy (non-hydrogen) atoms. The maximum absolute atomic E-state index is 11.4. The number of rotatable bonds is 5. The average molecular weight is 280 g/mol. The molecule has 0 aliphatic rings. The van der Waals surface area contributed by atoms with E-state index in [4.69, 9.17) is 9.84 Å². The molecule has 0 atom stereocenters. The van der Waals surface area contributed by atoms with Crippen LogP contribution in [-0.2, 0) is 4.74 Å². The van der Waals surface area contributed by atoms with E-state index in [1.165, 1.54) is 12.1 Å². The van der Waals surface area contributed by atoms with E-state index in [-0.39, 0.29) is 5.56 Å². The number of hydrogen-bond donors (Lipinski definition) is 3. The van der Waals surface area contributed by atoms with E-state index in [9.17, 15) is 9.59 Å². The van der Waals surface area contributed by atoms with Crippen LogP contribution >= 0.6 is 0 Å². The molecule has 1 aromatic carbocycles. The Balaban J connectivity index is 2.33. The summed E-state index contributed by atoms with van der Waals surface area (Å²) in [6.45, 7) is 6.24. The lowest BCUT2D eigenvalue weighted by Crippen LogP contribution is -2.35. The van der Waals surface area contributed by atoms with Crippen LogP contribution in [0.15, 0.2) is 24.3 Å². The molecule has 0 aromatic heterocycles. The summed E-state index contributed by atoms with van der Waals surface area (Å²) < 4.78 is 5.09. The molecule has 0 fully saturated rings. The normalized spacial score (nSPS) is 10.8. The molecule has 1 aromatic rings. The van der Waals surface area contributed by atoms with Gasteiger partial charge in [0, 0.05) is 18.8 Å². The predicted molar refractivity (Wildman–Crippen MR) is 76.1 cm³/mol. The van der Waals surface area contributed by atoms with Crippen molar-refractivity contribution in [1.82, 2.24) is 5.32 Å². The first-order valence-electron chi connectivity index (χ1n) is 6.32. The van der Waals surface area contributed by atoms with Gasteiger partial charge in [0.25, 0.3) is 0 Å². The lowest BCUT2D eigenvalue weighted by atomic mass is 10.2. The number of anilines is 1. The van der Waals surface area contributed by atoms with Gasteiger partial charge in [-0.25, -0.2) is 9.59 Å². The number of nitrogens with one attached hydrogen (secondary N) is 2. The monoisotopic (exact) mass is 280 g/mol. The maximum atomic E-state index is 11.4. The fraction of sp³-hybridized carbons (Fsp3) is 0.429. The molecule has 1 rings (SSSR count). The van der Waals surface area contributed by atoms with Crippen LogP contribution < -0.4 is 10.6 Å². The summed E-state index contributed by atoms with van der Waals surface area (Å²) in [6.07, 6.45) is -0.474. The van der Waals surface area contributed by atoms with E-state index in [1.807, 2.05) is 0 Å². The Hall–Kier alpha value is -2.24. The van der Waals surface area contributed by atoms with Crippen molar-refractivity contribution in [2.75, 3.05) is 18.4 Å². The molecule has 6 nitrogen and oxygen atoms in total. The lowest BCUT2D eigenvalue weighted by molar-refractivity contribution is 0.0529. The predicted octanol–water partition coefficient (Wildman–Crippen LogP) is 2.32. The second-order valence-electron chi connectivity index (χ2n) is 5.24. The standard InChI is InChI=1S/C14H20N2O4/c1-14(2,3)20-13(19)16-8-7-15-11-6-4-5-10(9-11)12(17)18/h4-6,9,15H,7-8H2,1-3H3,(H,16,19)(H,17,18). The summed E-state index contributed by atoms with van der Waals surface area (Å²) in [5, 5.41) is 14.5. The minimum Gasteiger partial charge on any atom is -0.478 e. The van der Waals surface area contributed by atoms with E-state index in [0.717, 1.165) is 0 Å². The van der Waals surface area contributed by atoms with Crippen molar-refractivity contribution < 1.29 is 19.4 Å². The first-order chi connectivity index (χ1) is 9.28. The summed E-state index contributed by atoms with van der Waals surface area (Å²) in [6, 6.07) is 6.48. The molecular formula is C14H20N2O4. The number of carboxylic acid groups (broad SMARTS) is 1. The molecule has 0 saturated carbocycles. The number of benzene rings is 1. The SMILES string of the molecule is CC(C)(C)OC(=O)NCCNc1cccc(C(=O)O)c1. The fourth-order valence-electron chi connectivity index (χ4n) is 1.45. The highest BCUT2D eigenvalue weighted by molar-refractivity contribution is 5.88. The quantitative estimate of drug-likeness (QED) is 0.720. The van der Waals surface area contributed by atoms with Crippen molar-refractivity contribution in [3.8, 4) is 0 Å². The van der Waals surface area contributed by atoms with E-state index in [2.05, 4.69) is 10.6 Å². The van der Waals surface area contributed by atoms with Gasteiger partial charge in [-0.2, -0.15) is 0 Å². The maximum Gasteiger partial charge on any atom is 0.407 e. The number of amides is 1. The fourth-order valence-corrected chi connectivity index (χ4v) is 1.45. The Morgan fingerprint density at radius 3 is 2.55 bits per heavy atom. The van der Waals surface area contributed by atoms with Gasteiger partial charge < -0.3 is 20.5 Å². The van der Waals surface area contributed by atoms with Crippen molar-refractivity contribution in [3.63, 3.8) is 0 Å². The van der Waals surface area contributed by atoms with Crippen molar-refractivity contribution >= 4 is 17.7 Å². The second kappa shape index (κ2) is 6.79. The summed E-state index contributed by atoms with van der Waals surface area (Å²) in [5.41, 5.74) is 0.388. The number of carboxylic acids is 1. The molecule has 110 valence electrons. The van der Waals surface area contributed by atoms with Crippen LogP contribution in [0.1, 0.15) is 31.1 Å². The Bertz CT molecular complexity index is 480. The van der Waals surface area contributed by atoms with Crippen molar-refractivity contribution in [2.45, 2.75) is 26.4 Å². The van der Waals surface area contributed by atoms with Gasteiger partial charge in [-0.05, 0) is 39.0 Å². The Kier molecular flexibility index (Phi) is 5.37. The molecule has 0 bridgehead atoms. The van der Waals surface area contributed by atoms with Gasteiger partial charge in [0.05, 0.1) is 5.56 Å². The second-order valence-corrected chi connectivity index (χ2v) is 5.24. The van der Waals surface area contributed by atoms with Gasteiger partial charge in [0.15, 0.2) is 0 Å². The number of carbonyl (C=O) groups excluding carboxylic acids is 1. The van der Waals surface area contributed by atoms with Crippen molar-refractivity contribution in [1.29, 1.82) is 0 Å². The molecule has 0 aliphatic carbocycles. The van der Waals surface area contributed by atoms with E-state index >= 15 is 0 Å². The van der Waals surface area contributed by atoms with E-state index < -0.39 is 17.7 Å². The minimum atomic E-state index is -0.972. The zero-order chi connectivity index (χ0) is 15.2. The van der Waals surface area contributed by atoms with Gasteiger partial charge in [-0.15, -0.1) is 0 Å². The molecular weight excluding hydrogens is 260 g/mol. The van der Waals surface area contributed by atoms with Crippen LogP contribution in [0.4, 0.5) is 10.5 Å². The highest BCUT2D eigenvalue weighted by Crippen LogP contribution is 2.10. The van der Waals surface area contributed by atoms with Crippen molar-refractivity contribution in [3.05, 3.63) is 29.8 Å². The van der Waals surface area contributed by atoms with Crippen LogP contribution in [0, 0.1) is 0 Å². The average Bonchev–Trinajstić information content (AvgIpc) is 2.33. The van der Waals surface area contributed by atoms with Gasteiger partial charge in [0.2, 0.25) is 0 Å². The lowest BCUT2D eigenvalue weighted by Gasteiger charge is -2.19. The number of alkyl carbamates (subject to hydrolysis) is 1. The molecule has 0 saturated heterocycles. The summed E-state index contributed by atoms with van der Waals surface area (Å²) >= 11 is 0. The molecule has 1 amide bonds. The zero-order valence-electron chi connectivity index (χ0n) is 11.9. The van der Waals surface area contributed by atoms with Gasteiger partial charge in [-0.3, -0.25) is 0 Å². The number of hydrogen-bond acceptors (Lipinski definition) is 4. The molecule has 0 radical (unpaired) electrons. The first kappa shape index (κ1) is 15.8. The topological polar surface area (TPSA) is 87.7 Å². The molecule has 0 heterocycles. The van der Waals surface area contributed by atoms with Crippen LogP contribution in [-0.4, -0.2) is 35.9 Å². The molecule has 0 spiro atoms. The smallest absolute Gasteiger partial charge is 0.407 e. The van der Waals surface area contributed by atoms with E-state index in [1.54, 1.807) is 32.9 Å². The Morgan fingerprint density at radius 1 is 1.25 bits per heavy atom. The summed E-state index contributed by atoms with van der Waals surface area (Å²) in [4.78, 5) is 22.2. The Labute approximate surface area is 118 Å². The minimum absolute atomic E-state index is 0.218. The van der Waals surface area contributed by atoms with Gasteiger partial charge in [-0.1, -0.05) is 6.07 Å². The van der Waals surface area contributed by atoms with Crippen LogP contribution in [0.5, 0.6) is 0 Å². The summed E-state index contributed by atoms with van der Waals surface area (Å²) in [5.74, 6) is -0.972. The molecule has 6 heteroatoms. The van der Waals surface area contributed by atoms with Crippen LogP contribution in [0.3, 0.4) is 0 Å². The third kappa shape index (κ3) is 6.08. The molecule has 0 aliphatic heterocycles. The summed E-state index contributed by atoms with van der Waals surface area (Å²) in [7, 11) is 0. The number of carbonyl (C=O) groups is 2. The Morgan fingerprint density at radius 2 is 1.95 bits per heavy atom. The third-order valence-electron chi connectivity index (χ3n) is 2.23. The number of ether oxygens (including phenoxy) is 1. The van der Waals surface area contributed by atoms with Crippen LogP contribution in [0.25, 0.3) is 0 Å². The highest BCUT2D eigenvalue weighted by Gasteiger charge is 2.15. The van der Waals surface area contributed by atoms with Gasteiger partial charge >= 0.3 is 12.1 Å². The zero-order valence-corrected chi connectivity index (χ0v) is 11.9. The van der Waals surface area contributed by atoms with Crippen molar-refractivity contribution in [2.24, 2.45) is 0 Å². The molecule has 3 N–H and O–H groups in total. The highest BCUT2D eigenvalue weighted by atomic mass is 16.6.